The van der Waals surface area contributed by atoms with Crippen LogP contribution in [0.15, 0.2) is 24.3 Å². The lowest BCUT2D eigenvalue weighted by Gasteiger charge is -2.30. The smallest absolute Gasteiger partial charge is 0.228 e. The molecule has 7 heteroatoms. The molecule has 108 valence electrons. The number of aromatic hydroxyl groups is 2. The van der Waals surface area contributed by atoms with Crippen LogP contribution in [0.3, 0.4) is 0 Å². The standard InChI is InChI=1S/C14H9F2NO4/c1-6(18)17-9-2-7(15)11(19)4-13(9)21-14-5-12(20)8(16)3-10(14)17/h2-5,19-20H,1H3. The quantitative estimate of drug-likeness (QED) is 0.782. The van der Waals surface area contributed by atoms with Gasteiger partial charge in [-0.2, -0.15) is 0 Å². The van der Waals surface area contributed by atoms with E-state index in [9.17, 15) is 23.8 Å². The van der Waals surface area contributed by atoms with Crippen LogP contribution >= 0.6 is 0 Å². The predicted octanol–water partition coefficient (Wildman–Crippen LogP) is 3.17. The van der Waals surface area contributed by atoms with E-state index in [1.807, 2.05) is 0 Å². The molecular weight excluding hydrogens is 284 g/mol. The molecule has 5 nitrogen and oxygen atoms in total. The first-order valence-electron chi connectivity index (χ1n) is 5.92. The molecule has 0 bridgehead atoms. The minimum Gasteiger partial charge on any atom is -0.505 e. The van der Waals surface area contributed by atoms with Crippen LogP contribution in [-0.4, -0.2) is 16.1 Å². The molecule has 2 aromatic rings. The fraction of sp³-hybridized carbons (Fsp3) is 0.0714. The average molecular weight is 293 g/mol. The number of fused-ring (bicyclic) bond motifs is 2. The van der Waals surface area contributed by atoms with E-state index in [1.165, 1.54) is 6.92 Å². The van der Waals surface area contributed by atoms with E-state index in [-0.39, 0.29) is 22.9 Å². The van der Waals surface area contributed by atoms with E-state index in [0.29, 0.717) is 0 Å². The monoisotopic (exact) mass is 293 g/mol. The molecule has 1 aliphatic rings. The summed E-state index contributed by atoms with van der Waals surface area (Å²) < 4.78 is 32.4. The number of ether oxygens (including phenoxy) is 1. The Morgan fingerprint density at radius 1 is 1.00 bits per heavy atom. The van der Waals surface area contributed by atoms with Gasteiger partial charge in [0.25, 0.3) is 0 Å². The van der Waals surface area contributed by atoms with Crippen molar-refractivity contribution >= 4 is 17.3 Å². The van der Waals surface area contributed by atoms with Crippen molar-refractivity contribution in [2.24, 2.45) is 0 Å². The third kappa shape index (κ3) is 1.94. The third-order valence-corrected chi connectivity index (χ3v) is 3.07. The Hall–Kier alpha value is -2.83. The number of nitrogens with zero attached hydrogens (tertiary/aromatic N) is 1. The van der Waals surface area contributed by atoms with Crippen LogP contribution < -0.4 is 9.64 Å². The Labute approximate surface area is 117 Å². The van der Waals surface area contributed by atoms with E-state index < -0.39 is 29.0 Å². The number of amides is 1. The number of carbonyl (C=O) groups excluding carboxylic acids is 1. The highest BCUT2D eigenvalue weighted by atomic mass is 19.1. The number of phenolic OH excluding ortho intramolecular Hbond substituents is 2. The first kappa shape index (κ1) is 13.2. The zero-order valence-corrected chi connectivity index (χ0v) is 10.7. The number of rotatable bonds is 0. The van der Waals surface area contributed by atoms with Gasteiger partial charge in [0.15, 0.2) is 34.6 Å². The van der Waals surface area contributed by atoms with Gasteiger partial charge in [0.1, 0.15) is 0 Å². The molecule has 0 spiro atoms. The molecule has 2 aromatic carbocycles. The van der Waals surface area contributed by atoms with E-state index >= 15 is 0 Å². The normalized spacial score (nSPS) is 12.4. The molecule has 1 aliphatic heterocycles. The van der Waals surface area contributed by atoms with Crippen molar-refractivity contribution in [1.29, 1.82) is 0 Å². The van der Waals surface area contributed by atoms with Crippen molar-refractivity contribution in [3.05, 3.63) is 35.9 Å². The zero-order chi connectivity index (χ0) is 15.3. The van der Waals surface area contributed by atoms with Gasteiger partial charge < -0.3 is 14.9 Å². The molecule has 0 saturated carbocycles. The molecule has 0 fully saturated rings. The molecule has 0 saturated heterocycles. The van der Waals surface area contributed by atoms with Crippen molar-refractivity contribution in [2.45, 2.75) is 6.92 Å². The van der Waals surface area contributed by atoms with Crippen LogP contribution in [-0.2, 0) is 4.79 Å². The molecule has 0 radical (unpaired) electrons. The largest absolute Gasteiger partial charge is 0.505 e. The summed E-state index contributed by atoms with van der Waals surface area (Å²) in [5.74, 6) is -3.64. The molecule has 21 heavy (non-hydrogen) atoms. The molecular formula is C14H9F2NO4. The number of carbonyl (C=O) groups is 1. The summed E-state index contributed by atoms with van der Waals surface area (Å²) in [5.41, 5.74) is 0.0748. The molecule has 0 aliphatic carbocycles. The van der Waals surface area contributed by atoms with Crippen LogP contribution in [0.5, 0.6) is 23.0 Å². The lowest BCUT2D eigenvalue weighted by Crippen LogP contribution is -2.26. The third-order valence-electron chi connectivity index (χ3n) is 3.07. The SMILES string of the molecule is CC(=O)N1c2cc(F)c(O)cc2Oc2cc(O)c(F)cc21. The van der Waals surface area contributed by atoms with E-state index in [0.717, 1.165) is 29.2 Å². The highest BCUT2D eigenvalue weighted by Crippen LogP contribution is 2.49. The van der Waals surface area contributed by atoms with E-state index in [4.69, 9.17) is 4.74 Å². The zero-order valence-electron chi connectivity index (χ0n) is 10.7. The number of halogens is 2. The fourth-order valence-electron chi connectivity index (χ4n) is 2.16. The van der Waals surface area contributed by atoms with Gasteiger partial charge in [0, 0.05) is 31.2 Å². The maximum atomic E-state index is 13.5. The predicted molar refractivity (Wildman–Crippen MR) is 69.0 cm³/mol. The maximum Gasteiger partial charge on any atom is 0.228 e. The second kappa shape index (κ2) is 4.34. The van der Waals surface area contributed by atoms with Gasteiger partial charge in [-0.05, 0) is 0 Å². The Bertz CT molecular complexity index is 719. The Balaban J connectivity index is 2.27. The lowest BCUT2D eigenvalue weighted by atomic mass is 10.1. The van der Waals surface area contributed by atoms with Crippen molar-refractivity contribution in [2.75, 3.05) is 4.90 Å². The average Bonchev–Trinajstić information content (AvgIpc) is 2.39. The summed E-state index contributed by atoms with van der Waals surface area (Å²) in [6.07, 6.45) is 0. The van der Waals surface area contributed by atoms with Gasteiger partial charge in [-0.25, -0.2) is 8.78 Å². The first-order valence-corrected chi connectivity index (χ1v) is 5.92. The minimum atomic E-state index is -0.939. The number of hydrogen-bond acceptors (Lipinski definition) is 4. The molecule has 0 aromatic heterocycles. The molecule has 2 N–H and O–H groups in total. The summed E-state index contributed by atoms with van der Waals surface area (Å²) in [7, 11) is 0. The lowest BCUT2D eigenvalue weighted by molar-refractivity contribution is -0.115. The van der Waals surface area contributed by atoms with Crippen LogP contribution in [0.2, 0.25) is 0 Å². The van der Waals surface area contributed by atoms with Gasteiger partial charge >= 0.3 is 0 Å². The fourth-order valence-corrected chi connectivity index (χ4v) is 2.16. The number of anilines is 2. The van der Waals surface area contributed by atoms with Crippen molar-refractivity contribution in [1.82, 2.24) is 0 Å². The van der Waals surface area contributed by atoms with Gasteiger partial charge in [0.05, 0.1) is 11.4 Å². The Kier molecular flexibility index (Phi) is 2.72. The number of hydrogen-bond donors (Lipinski definition) is 2. The number of phenols is 2. The number of benzene rings is 2. The van der Waals surface area contributed by atoms with E-state index in [1.54, 1.807) is 0 Å². The molecule has 0 unspecified atom stereocenters. The molecule has 1 amide bonds. The molecule has 0 atom stereocenters. The highest BCUT2D eigenvalue weighted by molar-refractivity contribution is 6.03. The summed E-state index contributed by atoms with van der Waals surface area (Å²) in [5, 5.41) is 18.8. The second-order valence-electron chi connectivity index (χ2n) is 4.50. The topological polar surface area (TPSA) is 70.0 Å². The first-order chi connectivity index (χ1) is 9.88. The van der Waals surface area contributed by atoms with E-state index in [2.05, 4.69) is 0 Å². The summed E-state index contributed by atoms with van der Waals surface area (Å²) in [6.45, 7) is 1.22. The van der Waals surface area contributed by atoms with Crippen LogP contribution in [0, 0.1) is 11.6 Å². The van der Waals surface area contributed by atoms with Crippen molar-refractivity contribution in [3.63, 3.8) is 0 Å². The van der Waals surface area contributed by atoms with Crippen molar-refractivity contribution in [3.8, 4) is 23.0 Å². The van der Waals surface area contributed by atoms with Crippen LogP contribution in [0.25, 0.3) is 0 Å². The highest BCUT2D eigenvalue weighted by Gasteiger charge is 2.30. The second-order valence-corrected chi connectivity index (χ2v) is 4.50. The van der Waals surface area contributed by atoms with Gasteiger partial charge in [-0.3, -0.25) is 9.69 Å². The summed E-state index contributed by atoms with van der Waals surface area (Å²) in [6, 6.07) is 3.84. The Morgan fingerprint density at radius 2 is 1.43 bits per heavy atom. The maximum absolute atomic E-state index is 13.5. The molecule has 1 heterocycles. The summed E-state index contributed by atoms with van der Waals surface area (Å²) >= 11 is 0. The van der Waals surface area contributed by atoms with Crippen LogP contribution in [0.1, 0.15) is 6.92 Å². The summed E-state index contributed by atoms with van der Waals surface area (Å²) in [4.78, 5) is 12.9. The van der Waals surface area contributed by atoms with Gasteiger partial charge in [0.2, 0.25) is 5.91 Å². The molecule has 3 rings (SSSR count). The van der Waals surface area contributed by atoms with Gasteiger partial charge in [-0.1, -0.05) is 0 Å². The minimum absolute atomic E-state index is 0.0163. The van der Waals surface area contributed by atoms with Gasteiger partial charge in [-0.15, -0.1) is 0 Å². The van der Waals surface area contributed by atoms with Crippen molar-refractivity contribution < 1.29 is 28.5 Å². The van der Waals surface area contributed by atoms with Crippen LogP contribution in [0.4, 0.5) is 20.2 Å². The Morgan fingerprint density at radius 3 is 1.81 bits per heavy atom.